The number of rotatable bonds is 0. The lowest BCUT2D eigenvalue weighted by Gasteiger charge is -2.22. The van der Waals surface area contributed by atoms with Crippen molar-refractivity contribution in [2.45, 2.75) is 20.8 Å². The van der Waals surface area contributed by atoms with Crippen LogP contribution in [0.3, 0.4) is 0 Å². The quantitative estimate of drug-likeness (QED) is 0.149. The van der Waals surface area contributed by atoms with Crippen LogP contribution < -0.4 is 0 Å². The van der Waals surface area contributed by atoms with Gasteiger partial charge in [-0.1, -0.05) is 12.1 Å². The number of benzene rings is 4. The van der Waals surface area contributed by atoms with E-state index in [4.69, 9.17) is 0 Å². The molecule has 2 aliphatic rings. The summed E-state index contributed by atoms with van der Waals surface area (Å²) in [6.07, 6.45) is 0. The number of hydrogen-bond acceptors (Lipinski definition) is 10. The Kier molecular flexibility index (Phi) is 6.07. The van der Waals surface area contributed by atoms with Crippen molar-refractivity contribution in [3.05, 3.63) is 104 Å². The molecule has 6 N–H and O–H groups in total. The number of aromatic hydroxyl groups is 6. The molecule has 4 aromatic rings. The Morgan fingerprint density at radius 1 is 0.439 bits per heavy atom. The predicted molar refractivity (Wildman–Crippen MR) is 144 cm³/mol. The smallest absolute Gasteiger partial charge is 0.202 e. The standard InChI is InChI=1S/C16H12O6.C15H10O4/c1-5-3-7(17)9-11(13(5)19)15(21)10-8(18)4-6(2)14(20)12(10)16(9)22;1-7-5-9-13(11(17)6-7)15(19)12-8(14(9)18)3-2-4-10(12)16/h3-4,17-20H,1-2H3;2-6,16-17H,1H3. The molecule has 10 heteroatoms. The van der Waals surface area contributed by atoms with Crippen molar-refractivity contribution in [1.29, 1.82) is 0 Å². The molecular weight excluding hydrogens is 532 g/mol. The normalized spacial score (nSPS) is 13.0. The monoisotopic (exact) mass is 554 g/mol. The van der Waals surface area contributed by atoms with Gasteiger partial charge in [-0.05, 0) is 67.8 Å². The van der Waals surface area contributed by atoms with E-state index in [1.165, 1.54) is 38.1 Å². The van der Waals surface area contributed by atoms with Gasteiger partial charge in [0.25, 0.3) is 0 Å². The van der Waals surface area contributed by atoms with Crippen LogP contribution in [-0.2, 0) is 0 Å². The van der Waals surface area contributed by atoms with Gasteiger partial charge >= 0.3 is 0 Å². The molecule has 2 aliphatic carbocycles. The molecule has 0 unspecified atom stereocenters. The zero-order chi connectivity index (χ0) is 30.1. The molecule has 0 saturated heterocycles. The lowest BCUT2D eigenvalue weighted by molar-refractivity contribution is 0.0969. The number of carbonyl (C=O) groups excluding carboxylic acids is 4. The molecule has 10 nitrogen and oxygen atoms in total. The first-order chi connectivity index (χ1) is 19.3. The summed E-state index contributed by atoms with van der Waals surface area (Å²) in [6.45, 7) is 4.67. The van der Waals surface area contributed by atoms with E-state index in [-0.39, 0.29) is 72.9 Å². The van der Waals surface area contributed by atoms with Crippen molar-refractivity contribution in [1.82, 2.24) is 0 Å². The summed E-state index contributed by atoms with van der Waals surface area (Å²) in [5.74, 6) is -4.82. The van der Waals surface area contributed by atoms with Crippen LogP contribution in [0, 0.1) is 20.8 Å². The van der Waals surface area contributed by atoms with E-state index in [2.05, 4.69) is 0 Å². The first-order valence-electron chi connectivity index (χ1n) is 12.2. The molecular formula is C31H22O10. The van der Waals surface area contributed by atoms with Crippen molar-refractivity contribution in [2.75, 3.05) is 0 Å². The summed E-state index contributed by atoms with van der Waals surface area (Å²) in [5.41, 5.74) is -0.0786. The molecule has 0 radical (unpaired) electrons. The maximum absolute atomic E-state index is 12.6. The molecule has 6 rings (SSSR count). The molecule has 41 heavy (non-hydrogen) atoms. The first kappa shape index (κ1) is 26.9. The van der Waals surface area contributed by atoms with Gasteiger partial charge in [0.2, 0.25) is 17.3 Å². The topological polar surface area (TPSA) is 190 Å². The van der Waals surface area contributed by atoms with Crippen LogP contribution in [0.4, 0.5) is 0 Å². The van der Waals surface area contributed by atoms with Gasteiger partial charge in [-0.25, -0.2) is 0 Å². The van der Waals surface area contributed by atoms with Crippen LogP contribution in [0.25, 0.3) is 0 Å². The fourth-order valence-electron chi connectivity index (χ4n) is 5.15. The van der Waals surface area contributed by atoms with Gasteiger partial charge in [0, 0.05) is 11.1 Å². The number of phenolic OH excluding ortho intramolecular Hbond substituents is 6. The van der Waals surface area contributed by atoms with Crippen molar-refractivity contribution in [2.24, 2.45) is 0 Å². The highest BCUT2D eigenvalue weighted by Gasteiger charge is 2.39. The highest BCUT2D eigenvalue weighted by atomic mass is 16.3. The minimum absolute atomic E-state index is 0.0374. The van der Waals surface area contributed by atoms with E-state index < -0.39 is 40.3 Å². The Hall–Kier alpha value is -5.64. The van der Waals surface area contributed by atoms with Crippen molar-refractivity contribution in [3.8, 4) is 34.5 Å². The summed E-state index contributed by atoms with van der Waals surface area (Å²) in [7, 11) is 0. The van der Waals surface area contributed by atoms with Crippen LogP contribution in [0.2, 0.25) is 0 Å². The number of hydrogen-bond donors (Lipinski definition) is 6. The third kappa shape index (κ3) is 3.88. The minimum Gasteiger partial charge on any atom is -0.507 e. The van der Waals surface area contributed by atoms with E-state index in [0.717, 1.165) is 12.1 Å². The van der Waals surface area contributed by atoms with Crippen molar-refractivity contribution >= 4 is 23.1 Å². The van der Waals surface area contributed by atoms with Crippen molar-refractivity contribution in [3.63, 3.8) is 0 Å². The molecule has 0 bridgehead atoms. The van der Waals surface area contributed by atoms with Crippen LogP contribution in [-0.4, -0.2) is 53.8 Å². The zero-order valence-electron chi connectivity index (χ0n) is 21.9. The Bertz CT molecular complexity index is 1830. The molecule has 0 aromatic heterocycles. The molecule has 0 aliphatic heterocycles. The van der Waals surface area contributed by atoms with Gasteiger partial charge in [-0.2, -0.15) is 0 Å². The molecule has 0 fully saturated rings. The average Bonchev–Trinajstić information content (AvgIpc) is 2.89. The van der Waals surface area contributed by atoms with Gasteiger partial charge < -0.3 is 30.6 Å². The molecule has 206 valence electrons. The summed E-state index contributed by atoms with van der Waals surface area (Å²) in [6, 6.07) is 9.68. The average molecular weight is 555 g/mol. The summed E-state index contributed by atoms with van der Waals surface area (Å²) in [5, 5.41) is 59.7. The van der Waals surface area contributed by atoms with Gasteiger partial charge in [0.05, 0.1) is 33.4 Å². The molecule has 0 saturated carbocycles. The Balaban J connectivity index is 0.000000166. The number of ketones is 4. The molecule has 0 heterocycles. The third-order valence-corrected chi connectivity index (χ3v) is 7.10. The first-order valence-corrected chi connectivity index (χ1v) is 12.2. The fourth-order valence-corrected chi connectivity index (χ4v) is 5.15. The van der Waals surface area contributed by atoms with Gasteiger partial charge in [-0.15, -0.1) is 0 Å². The van der Waals surface area contributed by atoms with E-state index in [1.807, 2.05) is 0 Å². The number of carbonyl (C=O) groups is 4. The Labute approximate surface area is 232 Å². The van der Waals surface area contributed by atoms with Gasteiger partial charge in [-0.3, -0.25) is 19.2 Å². The van der Waals surface area contributed by atoms with E-state index >= 15 is 0 Å². The summed E-state index contributed by atoms with van der Waals surface area (Å²) in [4.78, 5) is 49.8. The fraction of sp³-hybridized carbons (Fsp3) is 0.0968. The van der Waals surface area contributed by atoms with Crippen molar-refractivity contribution < 1.29 is 49.8 Å². The molecule has 4 aromatic carbocycles. The Morgan fingerprint density at radius 2 is 0.878 bits per heavy atom. The maximum Gasteiger partial charge on any atom is 0.202 e. The lowest BCUT2D eigenvalue weighted by Crippen LogP contribution is -2.22. The second kappa shape index (κ2) is 9.23. The van der Waals surface area contributed by atoms with E-state index in [0.29, 0.717) is 5.56 Å². The van der Waals surface area contributed by atoms with Crippen LogP contribution >= 0.6 is 0 Å². The second-order valence-corrected chi connectivity index (χ2v) is 9.85. The highest BCUT2D eigenvalue weighted by molar-refractivity contribution is 6.32. The second-order valence-electron chi connectivity index (χ2n) is 9.85. The van der Waals surface area contributed by atoms with E-state index in [9.17, 15) is 49.8 Å². The lowest BCUT2D eigenvalue weighted by atomic mass is 9.80. The van der Waals surface area contributed by atoms with Gasteiger partial charge in [0.15, 0.2) is 5.78 Å². The Morgan fingerprint density at radius 3 is 1.39 bits per heavy atom. The predicted octanol–water partition coefficient (Wildman–Crippen LogP) is 4.08. The number of fused-ring (bicyclic) bond motifs is 4. The third-order valence-electron chi connectivity index (χ3n) is 7.10. The van der Waals surface area contributed by atoms with Gasteiger partial charge in [0.1, 0.15) is 34.5 Å². The van der Waals surface area contributed by atoms with Crippen LogP contribution in [0.15, 0.2) is 42.5 Å². The summed E-state index contributed by atoms with van der Waals surface area (Å²) < 4.78 is 0. The zero-order valence-corrected chi connectivity index (χ0v) is 21.9. The van der Waals surface area contributed by atoms with E-state index in [1.54, 1.807) is 13.0 Å². The molecule has 0 atom stereocenters. The number of phenols is 6. The number of aryl methyl sites for hydroxylation is 3. The minimum atomic E-state index is -0.825. The largest absolute Gasteiger partial charge is 0.507 e. The van der Waals surface area contributed by atoms with Crippen LogP contribution in [0.1, 0.15) is 80.4 Å². The molecule has 0 amide bonds. The molecule has 0 spiro atoms. The maximum atomic E-state index is 12.6. The van der Waals surface area contributed by atoms with Crippen LogP contribution in [0.5, 0.6) is 34.5 Å². The SMILES string of the molecule is Cc1cc(O)c2c(c1)C(=O)c1cccc(O)c1C2=O.Cc1cc(O)c2c(c1O)C(=O)c1c(O)cc(C)c(O)c1C2=O. The summed E-state index contributed by atoms with van der Waals surface area (Å²) >= 11 is 0. The highest BCUT2D eigenvalue weighted by Crippen LogP contribution is 2.45.